The first kappa shape index (κ1) is 15.8. The van der Waals surface area contributed by atoms with E-state index in [1.54, 1.807) is 0 Å². The zero-order chi connectivity index (χ0) is 15.1. The molecule has 112 valence electrons. The molecule has 0 amide bonds. The zero-order valence-electron chi connectivity index (χ0n) is 13.5. The molecule has 0 spiro atoms. The normalized spacial score (nSPS) is 12.3. The van der Waals surface area contributed by atoms with Gasteiger partial charge < -0.3 is 5.32 Å². The monoisotopic (exact) mass is 281 g/mol. The number of rotatable bonds is 7. The van der Waals surface area contributed by atoms with Crippen LogP contribution in [-0.4, -0.2) is 13.1 Å². The van der Waals surface area contributed by atoms with Crippen LogP contribution in [0.25, 0.3) is 0 Å². The topological polar surface area (TPSA) is 12.0 Å². The van der Waals surface area contributed by atoms with Gasteiger partial charge in [-0.2, -0.15) is 0 Å². The lowest BCUT2D eigenvalue weighted by atomic mass is 9.91. The maximum absolute atomic E-state index is 3.50. The van der Waals surface area contributed by atoms with E-state index in [0.29, 0.717) is 5.92 Å². The molecule has 1 atom stereocenters. The van der Waals surface area contributed by atoms with Gasteiger partial charge in [-0.1, -0.05) is 67.9 Å². The smallest absolute Gasteiger partial charge is 0.00232 e. The fourth-order valence-electron chi connectivity index (χ4n) is 2.66. The van der Waals surface area contributed by atoms with Crippen LogP contribution in [0.15, 0.2) is 48.5 Å². The van der Waals surface area contributed by atoms with Crippen molar-refractivity contribution in [1.29, 1.82) is 0 Å². The lowest BCUT2D eigenvalue weighted by Crippen LogP contribution is -2.22. The van der Waals surface area contributed by atoms with E-state index in [1.165, 1.54) is 22.3 Å². The second-order valence-corrected chi connectivity index (χ2v) is 5.79. The maximum atomic E-state index is 3.50. The number of benzene rings is 2. The largest absolute Gasteiger partial charge is 0.316 e. The number of hydrogen-bond acceptors (Lipinski definition) is 1. The fraction of sp³-hybridized carbons (Fsp3) is 0.400. The van der Waals surface area contributed by atoms with Crippen molar-refractivity contribution in [2.45, 2.75) is 39.5 Å². The van der Waals surface area contributed by atoms with Gasteiger partial charge in [-0.25, -0.2) is 0 Å². The summed E-state index contributed by atoms with van der Waals surface area (Å²) in [5.74, 6) is 0.540. The summed E-state index contributed by atoms with van der Waals surface area (Å²) in [6.45, 7) is 8.58. The first-order valence-electron chi connectivity index (χ1n) is 8.08. The Hall–Kier alpha value is -1.60. The van der Waals surface area contributed by atoms with Gasteiger partial charge in [0.2, 0.25) is 0 Å². The Morgan fingerprint density at radius 2 is 1.48 bits per heavy atom. The summed E-state index contributed by atoms with van der Waals surface area (Å²) in [6, 6.07) is 18.1. The predicted molar refractivity (Wildman–Crippen MR) is 92.0 cm³/mol. The minimum atomic E-state index is 0.540. The molecular weight excluding hydrogens is 254 g/mol. The highest BCUT2D eigenvalue weighted by atomic mass is 14.8. The van der Waals surface area contributed by atoms with Crippen LogP contribution in [0.4, 0.5) is 0 Å². The van der Waals surface area contributed by atoms with E-state index < -0.39 is 0 Å². The number of likely N-dealkylation sites (N-methyl/N-ethyl adjacent to an activating group) is 1. The van der Waals surface area contributed by atoms with Crippen LogP contribution < -0.4 is 5.32 Å². The van der Waals surface area contributed by atoms with Gasteiger partial charge in [-0.3, -0.25) is 0 Å². The molecule has 0 aliphatic rings. The van der Waals surface area contributed by atoms with Gasteiger partial charge in [-0.05, 0) is 43.0 Å². The Labute approximate surface area is 129 Å². The SMILES string of the molecule is CCNCC(Cc1ccc(CC)cc1)c1ccc(C)cc1. The van der Waals surface area contributed by atoms with E-state index >= 15 is 0 Å². The highest BCUT2D eigenvalue weighted by molar-refractivity contribution is 5.29. The third-order valence-electron chi connectivity index (χ3n) is 4.10. The minimum Gasteiger partial charge on any atom is -0.316 e. The lowest BCUT2D eigenvalue weighted by Gasteiger charge is -2.18. The van der Waals surface area contributed by atoms with E-state index in [9.17, 15) is 0 Å². The summed E-state index contributed by atoms with van der Waals surface area (Å²) in [6.07, 6.45) is 2.21. The summed E-state index contributed by atoms with van der Waals surface area (Å²) in [7, 11) is 0. The molecular formula is C20H27N. The van der Waals surface area contributed by atoms with Gasteiger partial charge in [0.1, 0.15) is 0 Å². The van der Waals surface area contributed by atoms with Crippen LogP contribution in [-0.2, 0) is 12.8 Å². The molecule has 2 aromatic carbocycles. The molecule has 2 rings (SSSR count). The van der Waals surface area contributed by atoms with Crippen LogP contribution in [0.3, 0.4) is 0 Å². The van der Waals surface area contributed by atoms with Crippen molar-refractivity contribution in [3.8, 4) is 0 Å². The molecule has 0 heterocycles. The van der Waals surface area contributed by atoms with E-state index in [-0.39, 0.29) is 0 Å². The molecule has 0 radical (unpaired) electrons. The average Bonchev–Trinajstić information content (AvgIpc) is 2.53. The fourth-order valence-corrected chi connectivity index (χ4v) is 2.66. The van der Waals surface area contributed by atoms with E-state index in [2.05, 4.69) is 74.6 Å². The quantitative estimate of drug-likeness (QED) is 0.788. The first-order valence-corrected chi connectivity index (χ1v) is 8.08. The van der Waals surface area contributed by atoms with Gasteiger partial charge in [-0.15, -0.1) is 0 Å². The van der Waals surface area contributed by atoms with Crippen molar-refractivity contribution >= 4 is 0 Å². The molecule has 1 N–H and O–H groups in total. The molecule has 0 saturated carbocycles. The van der Waals surface area contributed by atoms with Gasteiger partial charge >= 0.3 is 0 Å². The van der Waals surface area contributed by atoms with Crippen LogP contribution in [0.5, 0.6) is 0 Å². The number of hydrogen-bond donors (Lipinski definition) is 1. The molecule has 0 bridgehead atoms. The lowest BCUT2D eigenvalue weighted by molar-refractivity contribution is 0.595. The van der Waals surface area contributed by atoms with Crippen LogP contribution in [0, 0.1) is 6.92 Å². The second-order valence-electron chi connectivity index (χ2n) is 5.79. The summed E-state index contributed by atoms with van der Waals surface area (Å²) in [4.78, 5) is 0. The molecule has 1 heteroatoms. The maximum Gasteiger partial charge on any atom is 0.00232 e. The molecule has 0 fully saturated rings. The Balaban J connectivity index is 2.13. The van der Waals surface area contributed by atoms with Gasteiger partial charge in [0.25, 0.3) is 0 Å². The third kappa shape index (κ3) is 4.71. The van der Waals surface area contributed by atoms with E-state index in [0.717, 1.165) is 25.9 Å². The Bertz CT molecular complexity index is 525. The third-order valence-corrected chi connectivity index (χ3v) is 4.10. The minimum absolute atomic E-state index is 0.540. The number of aryl methyl sites for hydroxylation is 2. The average molecular weight is 281 g/mol. The highest BCUT2D eigenvalue weighted by Gasteiger charge is 2.12. The molecule has 1 nitrogen and oxygen atoms in total. The van der Waals surface area contributed by atoms with E-state index in [4.69, 9.17) is 0 Å². The van der Waals surface area contributed by atoms with Crippen molar-refractivity contribution in [1.82, 2.24) is 5.32 Å². The second kappa shape index (κ2) is 7.99. The summed E-state index contributed by atoms with van der Waals surface area (Å²) >= 11 is 0. The summed E-state index contributed by atoms with van der Waals surface area (Å²) in [5.41, 5.74) is 5.60. The van der Waals surface area contributed by atoms with Crippen molar-refractivity contribution < 1.29 is 0 Å². The van der Waals surface area contributed by atoms with Crippen LogP contribution in [0.2, 0.25) is 0 Å². The van der Waals surface area contributed by atoms with Gasteiger partial charge in [0, 0.05) is 12.5 Å². The molecule has 21 heavy (non-hydrogen) atoms. The number of nitrogens with one attached hydrogen (secondary N) is 1. The molecule has 2 aromatic rings. The molecule has 0 aliphatic heterocycles. The van der Waals surface area contributed by atoms with Crippen molar-refractivity contribution in [2.24, 2.45) is 0 Å². The summed E-state index contributed by atoms with van der Waals surface area (Å²) in [5, 5.41) is 3.50. The van der Waals surface area contributed by atoms with Crippen LogP contribution >= 0.6 is 0 Å². The molecule has 0 aromatic heterocycles. The standard InChI is InChI=1S/C20H27N/c1-4-17-8-10-18(11-9-17)14-20(15-21-5-2)19-12-6-16(3)7-13-19/h6-13,20-21H,4-5,14-15H2,1-3H3. The van der Waals surface area contributed by atoms with Crippen molar-refractivity contribution in [3.63, 3.8) is 0 Å². The Morgan fingerprint density at radius 1 is 0.857 bits per heavy atom. The Morgan fingerprint density at radius 3 is 2.05 bits per heavy atom. The van der Waals surface area contributed by atoms with Crippen molar-refractivity contribution in [2.75, 3.05) is 13.1 Å². The predicted octanol–water partition coefficient (Wildman–Crippen LogP) is 4.49. The first-order chi connectivity index (χ1) is 10.2. The molecule has 1 unspecified atom stereocenters. The van der Waals surface area contributed by atoms with E-state index in [1.807, 2.05) is 0 Å². The van der Waals surface area contributed by atoms with Gasteiger partial charge in [0.15, 0.2) is 0 Å². The van der Waals surface area contributed by atoms with Gasteiger partial charge in [0.05, 0.1) is 0 Å². The zero-order valence-corrected chi connectivity index (χ0v) is 13.5. The molecule has 0 saturated heterocycles. The summed E-state index contributed by atoms with van der Waals surface area (Å²) < 4.78 is 0. The van der Waals surface area contributed by atoms with Crippen molar-refractivity contribution in [3.05, 3.63) is 70.8 Å². The highest BCUT2D eigenvalue weighted by Crippen LogP contribution is 2.21. The molecule has 0 aliphatic carbocycles. The Kier molecular flexibility index (Phi) is 6.01. The van der Waals surface area contributed by atoms with Crippen LogP contribution in [0.1, 0.15) is 42.0 Å².